The molecule has 0 bridgehead atoms. The fourth-order valence-electron chi connectivity index (χ4n) is 1.47. The van der Waals surface area contributed by atoms with Gasteiger partial charge >= 0.3 is 5.97 Å². The minimum absolute atomic E-state index is 0.151. The zero-order chi connectivity index (χ0) is 11.7. The van der Waals surface area contributed by atoms with Crippen molar-refractivity contribution >= 4 is 5.97 Å². The summed E-state index contributed by atoms with van der Waals surface area (Å²) in [7, 11) is 1.60. The van der Waals surface area contributed by atoms with Crippen LogP contribution in [0.3, 0.4) is 0 Å². The molecule has 2 rings (SSSR count). The SMILES string of the molecule is Cc1ccnc(-c2cc(C(=O)O)n(C)n2)c1. The Morgan fingerprint density at radius 2 is 2.12 bits per heavy atom. The molecule has 2 heterocycles. The zero-order valence-corrected chi connectivity index (χ0v) is 9.01. The van der Waals surface area contributed by atoms with Crippen LogP contribution in [0.5, 0.6) is 0 Å². The van der Waals surface area contributed by atoms with Crippen LogP contribution in [0.1, 0.15) is 16.1 Å². The fraction of sp³-hybridized carbons (Fsp3) is 0.182. The monoisotopic (exact) mass is 217 g/mol. The lowest BCUT2D eigenvalue weighted by Gasteiger charge is -1.96. The van der Waals surface area contributed by atoms with Gasteiger partial charge in [-0.05, 0) is 24.6 Å². The molecule has 0 spiro atoms. The third-order valence-corrected chi connectivity index (χ3v) is 2.28. The third kappa shape index (κ3) is 1.79. The maximum atomic E-state index is 10.9. The lowest BCUT2D eigenvalue weighted by molar-refractivity contribution is 0.0685. The Bertz CT molecular complexity index is 546. The number of hydrogen-bond donors (Lipinski definition) is 1. The zero-order valence-electron chi connectivity index (χ0n) is 9.01. The number of aryl methyl sites for hydroxylation is 2. The molecule has 0 unspecified atom stereocenters. The van der Waals surface area contributed by atoms with Gasteiger partial charge < -0.3 is 5.11 Å². The van der Waals surface area contributed by atoms with Crippen LogP contribution >= 0.6 is 0 Å². The normalized spacial score (nSPS) is 10.4. The summed E-state index contributed by atoms with van der Waals surface area (Å²) < 4.78 is 1.34. The highest BCUT2D eigenvalue weighted by molar-refractivity contribution is 5.87. The van der Waals surface area contributed by atoms with Gasteiger partial charge in [0.25, 0.3) is 0 Å². The predicted molar refractivity (Wildman–Crippen MR) is 58.1 cm³/mol. The number of nitrogens with zero attached hydrogens (tertiary/aromatic N) is 3. The predicted octanol–water partition coefficient (Wildman–Crippen LogP) is 1.49. The molecule has 5 heteroatoms. The number of carbonyl (C=O) groups is 1. The summed E-state index contributed by atoms with van der Waals surface area (Å²) in [5.74, 6) is -0.992. The summed E-state index contributed by atoms with van der Waals surface area (Å²) in [5, 5.41) is 13.0. The first-order valence-corrected chi connectivity index (χ1v) is 4.78. The van der Waals surface area contributed by atoms with Gasteiger partial charge in [0.2, 0.25) is 0 Å². The van der Waals surface area contributed by atoms with E-state index in [-0.39, 0.29) is 5.69 Å². The van der Waals surface area contributed by atoms with Gasteiger partial charge in [0.1, 0.15) is 11.4 Å². The first-order chi connectivity index (χ1) is 7.58. The summed E-state index contributed by atoms with van der Waals surface area (Å²) in [6.45, 7) is 1.95. The van der Waals surface area contributed by atoms with Crippen LogP contribution < -0.4 is 0 Å². The van der Waals surface area contributed by atoms with Crippen molar-refractivity contribution in [1.82, 2.24) is 14.8 Å². The summed E-state index contributed by atoms with van der Waals surface area (Å²) in [6, 6.07) is 5.27. The van der Waals surface area contributed by atoms with Crippen molar-refractivity contribution in [3.8, 4) is 11.4 Å². The van der Waals surface area contributed by atoms with E-state index in [1.807, 2.05) is 19.1 Å². The van der Waals surface area contributed by atoms with Gasteiger partial charge in [0.05, 0.1) is 5.69 Å². The van der Waals surface area contributed by atoms with Crippen LogP contribution in [0, 0.1) is 6.92 Å². The van der Waals surface area contributed by atoms with Gasteiger partial charge in [-0.15, -0.1) is 0 Å². The number of pyridine rings is 1. The topological polar surface area (TPSA) is 68.0 Å². The van der Waals surface area contributed by atoms with E-state index in [0.717, 1.165) is 5.56 Å². The average molecular weight is 217 g/mol. The van der Waals surface area contributed by atoms with E-state index in [9.17, 15) is 4.79 Å². The molecule has 0 saturated carbocycles. The fourth-order valence-corrected chi connectivity index (χ4v) is 1.47. The third-order valence-electron chi connectivity index (χ3n) is 2.28. The van der Waals surface area contributed by atoms with Crippen LogP contribution in [-0.2, 0) is 7.05 Å². The molecule has 0 saturated heterocycles. The van der Waals surface area contributed by atoms with Crippen molar-refractivity contribution in [2.45, 2.75) is 6.92 Å². The van der Waals surface area contributed by atoms with Gasteiger partial charge in [-0.1, -0.05) is 0 Å². The molecule has 0 fully saturated rings. The van der Waals surface area contributed by atoms with Crippen molar-refractivity contribution in [2.75, 3.05) is 0 Å². The van der Waals surface area contributed by atoms with Crippen molar-refractivity contribution in [2.24, 2.45) is 7.05 Å². The van der Waals surface area contributed by atoms with E-state index in [0.29, 0.717) is 11.4 Å². The van der Waals surface area contributed by atoms with E-state index < -0.39 is 5.97 Å². The van der Waals surface area contributed by atoms with E-state index in [1.54, 1.807) is 13.2 Å². The maximum Gasteiger partial charge on any atom is 0.354 e. The quantitative estimate of drug-likeness (QED) is 0.827. The summed E-state index contributed by atoms with van der Waals surface area (Å²) in [4.78, 5) is 15.0. The molecule has 0 aromatic carbocycles. The molecule has 0 aliphatic heterocycles. The summed E-state index contributed by atoms with van der Waals surface area (Å²) in [5.41, 5.74) is 2.47. The Hall–Kier alpha value is -2.17. The maximum absolute atomic E-state index is 10.9. The van der Waals surface area contributed by atoms with Crippen molar-refractivity contribution < 1.29 is 9.90 Å². The highest BCUT2D eigenvalue weighted by Crippen LogP contribution is 2.17. The van der Waals surface area contributed by atoms with Crippen molar-refractivity contribution in [1.29, 1.82) is 0 Å². The van der Waals surface area contributed by atoms with Gasteiger partial charge in [0.15, 0.2) is 0 Å². The number of aromatic nitrogens is 3. The number of carboxylic acids is 1. The molecule has 82 valence electrons. The number of rotatable bonds is 2. The second kappa shape index (κ2) is 3.77. The molecule has 2 aromatic rings. The summed E-state index contributed by atoms with van der Waals surface area (Å²) >= 11 is 0. The molecule has 0 aliphatic rings. The minimum atomic E-state index is -0.992. The summed E-state index contributed by atoms with van der Waals surface area (Å²) in [6.07, 6.45) is 1.68. The second-order valence-corrected chi connectivity index (χ2v) is 3.56. The Kier molecular flexibility index (Phi) is 2.44. The minimum Gasteiger partial charge on any atom is -0.477 e. The lowest BCUT2D eigenvalue weighted by Crippen LogP contribution is -2.04. The average Bonchev–Trinajstić information content (AvgIpc) is 2.60. The van der Waals surface area contributed by atoms with Crippen molar-refractivity contribution in [3.63, 3.8) is 0 Å². The first-order valence-electron chi connectivity index (χ1n) is 4.78. The molecule has 0 atom stereocenters. The second-order valence-electron chi connectivity index (χ2n) is 3.56. The molecule has 0 amide bonds. The lowest BCUT2D eigenvalue weighted by atomic mass is 10.2. The molecule has 1 N–H and O–H groups in total. The van der Waals surface area contributed by atoms with Gasteiger partial charge in [0, 0.05) is 19.3 Å². The number of carboxylic acid groups (broad SMARTS) is 1. The van der Waals surface area contributed by atoms with Crippen LogP contribution in [0.2, 0.25) is 0 Å². The molecule has 0 aliphatic carbocycles. The van der Waals surface area contributed by atoms with Crippen LogP contribution in [0.15, 0.2) is 24.4 Å². The van der Waals surface area contributed by atoms with E-state index >= 15 is 0 Å². The highest BCUT2D eigenvalue weighted by atomic mass is 16.4. The number of aromatic carboxylic acids is 1. The van der Waals surface area contributed by atoms with Crippen LogP contribution in [-0.4, -0.2) is 25.8 Å². The van der Waals surface area contributed by atoms with E-state index in [4.69, 9.17) is 5.11 Å². The van der Waals surface area contributed by atoms with Gasteiger partial charge in [-0.25, -0.2) is 4.79 Å². The van der Waals surface area contributed by atoms with Crippen molar-refractivity contribution in [3.05, 3.63) is 35.7 Å². The largest absolute Gasteiger partial charge is 0.477 e. The molecule has 0 radical (unpaired) electrons. The number of hydrogen-bond acceptors (Lipinski definition) is 3. The Balaban J connectivity index is 2.49. The van der Waals surface area contributed by atoms with Crippen LogP contribution in [0.4, 0.5) is 0 Å². The Morgan fingerprint density at radius 1 is 1.38 bits per heavy atom. The Morgan fingerprint density at radius 3 is 2.69 bits per heavy atom. The van der Waals surface area contributed by atoms with Gasteiger partial charge in [-0.3, -0.25) is 9.67 Å². The van der Waals surface area contributed by atoms with E-state index in [2.05, 4.69) is 10.1 Å². The first kappa shape index (κ1) is 10.4. The molecule has 2 aromatic heterocycles. The van der Waals surface area contributed by atoms with Crippen LogP contribution in [0.25, 0.3) is 11.4 Å². The van der Waals surface area contributed by atoms with E-state index in [1.165, 1.54) is 10.7 Å². The molecule has 16 heavy (non-hydrogen) atoms. The molecular weight excluding hydrogens is 206 g/mol. The highest BCUT2D eigenvalue weighted by Gasteiger charge is 2.13. The smallest absolute Gasteiger partial charge is 0.354 e. The van der Waals surface area contributed by atoms with Gasteiger partial charge in [-0.2, -0.15) is 5.10 Å². The molecular formula is C11H11N3O2. The standard InChI is InChI=1S/C11H11N3O2/c1-7-3-4-12-8(5-7)9-6-10(11(15)16)14(2)13-9/h3-6H,1-2H3,(H,15,16). The Labute approximate surface area is 92.4 Å². The molecule has 5 nitrogen and oxygen atoms in total.